The standard InChI is InChI=1S/C39H78N6O12/c1-46-19-7-13-25-52-31-43(32-53-26-14-8-20-47-2)37-40-38(44(33-54-27-15-9-21-48-3)34-55-28-16-10-22-49-4)42-39(41-37)45(35-56-29-17-11-23-50-5)36-57-30-18-12-24-51-6/h7-36H2,1-6H3. The number of rotatable bonds is 45. The van der Waals surface area contributed by atoms with Crippen LogP contribution < -0.4 is 14.7 Å². The van der Waals surface area contributed by atoms with E-state index in [-0.39, 0.29) is 40.4 Å². The van der Waals surface area contributed by atoms with Gasteiger partial charge in [-0.15, -0.1) is 0 Å². The molecule has 0 aliphatic carbocycles. The third-order valence-electron chi connectivity index (χ3n) is 8.25. The van der Waals surface area contributed by atoms with Crippen LogP contribution in [0.3, 0.4) is 0 Å². The van der Waals surface area contributed by atoms with Crippen LogP contribution in [0.4, 0.5) is 17.8 Å². The molecule has 0 saturated carbocycles. The molecule has 1 heterocycles. The Kier molecular flexibility index (Phi) is 37.8. The van der Waals surface area contributed by atoms with E-state index in [1.807, 2.05) is 14.7 Å². The number of anilines is 3. The topological polar surface area (TPSA) is 159 Å². The van der Waals surface area contributed by atoms with Gasteiger partial charge in [-0.1, -0.05) is 0 Å². The van der Waals surface area contributed by atoms with Gasteiger partial charge in [0, 0.05) is 122 Å². The van der Waals surface area contributed by atoms with Crippen molar-refractivity contribution in [2.75, 3.05) is 177 Å². The molecule has 18 nitrogen and oxygen atoms in total. The Labute approximate surface area is 343 Å². The molecule has 57 heavy (non-hydrogen) atoms. The fraction of sp³-hybridized carbons (Fsp3) is 0.923. The van der Waals surface area contributed by atoms with E-state index in [1.54, 1.807) is 42.7 Å². The number of aromatic nitrogens is 3. The highest BCUT2D eigenvalue weighted by Crippen LogP contribution is 2.21. The van der Waals surface area contributed by atoms with Gasteiger partial charge in [0.05, 0.1) is 0 Å². The molecule has 1 aromatic heterocycles. The van der Waals surface area contributed by atoms with Crippen molar-refractivity contribution in [3.05, 3.63) is 0 Å². The highest BCUT2D eigenvalue weighted by atomic mass is 16.5. The van der Waals surface area contributed by atoms with E-state index in [0.717, 1.165) is 77.0 Å². The van der Waals surface area contributed by atoms with Gasteiger partial charge in [0.2, 0.25) is 17.8 Å². The van der Waals surface area contributed by atoms with E-state index in [9.17, 15) is 0 Å². The van der Waals surface area contributed by atoms with Crippen molar-refractivity contribution in [2.45, 2.75) is 77.0 Å². The van der Waals surface area contributed by atoms with Gasteiger partial charge in [-0.25, -0.2) is 0 Å². The predicted molar refractivity (Wildman–Crippen MR) is 219 cm³/mol. The average molecular weight is 823 g/mol. The van der Waals surface area contributed by atoms with Gasteiger partial charge in [-0.05, 0) is 77.0 Å². The average Bonchev–Trinajstić information content (AvgIpc) is 3.22. The van der Waals surface area contributed by atoms with Gasteiger partial charge >= 0.3 is 0 Å². The first-order valence-corrected chi connectivity index (χ1v) is 20.6. The Hall–Kier alpha value is -2.07. The second-order valence-corrected chi connectivity index (χ2v) is 13.3. The molecular formula is C39H78N6O12. The van der Waals surface area contributed by atoms with Crippen LogP contribution in [0, 0.1) is 0 Å². The Morgan fingerprint density at radius 1 is 0.263 bits per heavy atom. The van der Waals surface area contributed by atoms with Crippen LogP contribution in [0.5, 0.6) is 0 Å². The van der Waals surface area contributed by atoms with E-state index < -0.39 is 0 Å². The Morgan fingerprint density at radius 2 is 0.421 bits per heavy atom. The van der Waals surface area contributed by atoms with Crippen molar-refractivity contribution >= 4 is 17.8 Å². The van der Waals surface area contributed by atoms with Crippen molar-refractivity contribution in [3.63, 3.8) is 0 Å². The lowest BCUT2D eigenvalue weighted by atomic mass is 10.3. The molecule has 0 saturated heterocycles. The van der Waals surface area contributed by atoms with Crippen LogP contribution in [0.15, 0.2) is 0 Å². The van der Waals surface area contributed by atoms with E-state index in [4.69, 9.17) is 71.8 Å². The molecule has 336 valence electrons. The minimum atomic E-state index is 0.200. The molecule has 0 fully saturated rings. The molecule has 0 unspecified atom stereocenters. The van der Waals surface area contributed by atoms with Crippen LogP contribution in [0.2, 0.25) is 0 Å². The molecule has 1 rings (SSSR count). The quantitative estimate of drug-likeness (QED) is 0.0658. The number of hydrogen-bond donors (Lipinski definition) is 0. The molecule has 0 atom stereocenters. The van der Waals surface area contributed by atoms with Crippen molar-refractivity contribution in [1.29, 1.82) is 0 Å². The minimum Gasteiger partial charge on any atom is -0.385 e. The summed E-state index contributed by atoms with van der Waals surface area (Å²) in [5.74, 6) is 1.12. The van der Waals surface area contributed by atoms with Gasteiger partial charge in [0.15, 0.2) is 0 Å². The first-order valence-electron chi connectivity index (χ1n) is 20.6. The molecule has 0 N–H and O–H groups in total. The van der Waals surface area contributed by atoms with Crippen molar-refractivity contribution in [3.8, 4) is 0 Å². The van der Waals surface area contributed by atoms with Gasteiger partial charge in [0.25, 0.3) is 0 Å². The van der Waals surface area contributed by atoms with Crippen molar-refractivity contribution < 1.29 is 56.8 Å². The highest BCUT2D eigenvalue weighted by Gasteiger charge is 2.22. The maximum Gasteiger partial charge on any atom is 0.235 e. The van der Waals surface area contributed by atoms with E-state index >= 15 is 0 Å². The number of hydrogen-bond acceptors (Lipinski definition) is 18. The summed E-state index contributed by atoms with van der Waals surface area (Å²) in [7, 11) is 10.2. The molecule has 0 aliphatic rings. The van der Waals surface area contributed by atoms with Gasteiger partial charge < -0.3 is 56.8 Å². The number of methoxy groups -OCH3 is 6. The number of unbranched alkanes of at least 4 members (excludes halogenated alkanes) is 6. The monoisotopic (exact) mass is 823 g/mol. The summed E-state index contributed by atoms with van der Waals surface area (Å²) in [5, 5.41) is 0. The van der Waals surface area contributed by atoms with Crippen molar-refractivity contribution in [1.82, 2.24) is 15.0 Å². The second-order valence-electron chi connectivity index (χ2n) is 13.3. The lowest BCUT2D eigenvalue weighted by Gasteiger charge is -2.29. The Bertz CT molecular complexity index is 816. The van der Waals surface area contributed by atoms with Crippen LogP contribution in [-0.2, 0) is 56.8 Å². The number of nitrogens with zero attached hydrogens (tertiary/aromatic N) is 6. The van der Waals surface area contributed by atoms with E-state index in [1.165, 1.54) is 0 Å². The molecule has 0 radical (unpaired) electrons. The Balaban J connectivity index is 3.53. The SMILES string of the molecule is COCCCCOCN(COCCCCOC)c1nc(N(COCCCCOC)COCCCCOC)nc(N(COCCCCOC)COCCCCOC)n1. The summed E-state index contributed by atoms with van der Waals surface area (Å²) in [6.45, 7) is 8.50. The van der Waals surface area contributed by atoms with Crippen molar-refractivity contribution in [2.24, 2.45) is 0 Å². The van der Waals surface area contributed by atoms with E-state index in [0.29, 0.717) is 97.1 Å². The van der Waals surface area contributed by atoms with Gasteiger partial charge in [-0.3, -0.25) is 14.7 Å². The molecule has 18 heteroatoms. The fourth-order valence-corrected chi connectivity index (χ4v) is 4.98. The minimum absolute atomic E-state index is 0.200. The maximum atomic E-state index is 6.14. The highest BCUT2D eigenvalue weighted by molar-refractivity contribution is 5.45. The normalized spacial score (nSPS) is 11.5. The lowest BCUT2D eigenvalue weighted by molar-refractivity contribution is 0.0720. The molecular weight excluding hydrogens is 744 g/mol. The van der Waals surface area contributed by atoms with Gasteiger partial charge in [-0.2, -0.15) is 15.0 Å². The summed E-state index contributed by atoms with van der Waals surface area (Å²) in [5.41, 5.74) is 0. The molecule has 0 amide bonds. The largest absolute Gasteiger partial charge is 0.385 e. The molecule has 1 aromatic rings. The fourth-order valence-electron chi connectivity index (χ4n) is 4.98. The molecule has 0 bridgehead atoms. The van der Waals surface area contributed by atoms with Crippen LogP contribution in [0.1, 0.15) is 77.0 Å². The van der Waals surface area contributed by atoms with Crippen LogP contribution >= 0.6 is 0 Å². The lowest BCUT2D eigenvalue weighted by Crippen LogP contribution is -2.37. The van der Waals surface area contributed by atoms with Gasteiger partial charge in [0.1, 0.15) is 40.4 Å². The molecule has 0 spiro atoms. The first kappa shape index (κ1) is 52.9. The third-order valence-corrected chi connectivity index (χ3v) is 8.25. The summed E-state index contributed by atoms with van der Waals surface area (Å²) in [6, 6.07) is 0. The first-order chi connectivity index (χ1) is 28.1. The molecule has 0 aromatic carbocycles. The smallest absolute Gasteiger partial charge is 0.235 e. The summed E-state index contributed by atoms with van der Waals surface area (Å²) >= 11 is 0. The maximum absolute atomic E-state index is 6.14. The Morgan fingerprint density at radius 3 is 0.579 bits per heavy atom. The zero-order valence-corrected chi connectivity index (χ0v) is 36.3. The number of ether oxygens (including phenoxy) is 12. The van der Waals surface area contributed by atoms with Crippen LogP contribution in [0.25, 0.3) is 0 Å². The second kappa shape index (κ2) is 40.7. The predicted octanol–water partition coefficient (Wildman–Crippen LogP) is 4.70. The zero-order valence-electron chi connectivity index (χ0n) is 36.3. The summed E-state index contributed by atoms with van der Waals surface area (Å²) in [6.07, 6.45) is 10.5. The van der Waals surface area contributed by atoms with Crippen LogP contribution in [-0.4, -0.2) is 177 Å². The summed E-state index contributed by atoms with van der Waals surface area (Å²) < 4.78 is 68.2. The molecule has 0 aliphatic heterocycles. The van der Waals surface area contributed by atoms with E-state index in [2.05, 4.69) is 0 Å². The zero-order chi connectivity index (χ0) is 41.3. The summed E-state index contributed by atoms with van der Waals surface area (Å²) in [4.78, 5) is 20.6. The third kappa shape index (κ3) is 29.7.